The van der Waals surface area contributed by atoms with Gasteiger partial charge in [0.2, 0.25) is 5.91 Å². The van der Waals surface area contributed by atoms with Gasteiger partial charge in [-0.2, -0.15) is 0 Å². The lowest BCUT2D eigenvalue weighted by atomic mass is 10.2. The van der Waals surface area contributed by atoms with Crippen molar-refractivity contribution in [2.45, 2.75) is 26.7 Å². The molecule has 19 heavy (non-hydrogen) atoms. The smallest absolute Gasteiger partial charge is 0.272 e. The van der Waals surface area contributed by atoms with E-state index in [2.05, 4.69) is 20.6 Å². The fourth-order valence-corrected chi connectivity index (χ4v) is 1.50. The highest BCUT2D eigenvalue weighted by Gasteiger charge is 2.16. The molecule has 7 heteroatoms. The normalized spacial score (nSPS) is 10.4. The summed E-state index contributed by atoms with van der Waals surface area (Å²) in [6.07, 6.45) is 1.39. The minimum Gasteiger partial charge on any atom is -0.355 e. The number of amides is 2. The van der Waals surface area contributed by atoms with Crippen LogP contribution < -0.4 is 10.6 Å². The van der Waals surface area contributed by atoms with Crippen molar-refractivity contribution in [2.24, 2.45) is 0 Å². The predicted molar refractivity (Wildman–Crippen MR) is 72.1 cm³/mol. The summed E-state index contributed by atoms with van der Waals surface area (Å²) < 4.78 is 0. The van der Waals surface area contributed by atoms with E-state index >= 15 is 0 Å². The highest BCUT2D eigenvalue weighted by Crippen LogP contribution is 2.16. The molecule has 0 aliphatic carbocycles. The molecule has 2 amide bonds. The van der Waals surface area contributed by atoms with Gasteiger partial charge in [0.05, 0.1) is 17.8 Å². The van der Waals surface area contributed by atoms with E-state index in [1.54, 1.807) is 6.92 Å². The third kappa shape index (κ3) is 4.48. The van der Waals surface area contributed by atoms with Crippen molar-refractivity contribution >= 4 is 23.4 Å². The number of carbonyl (C=O) groups excluding carboxylic acids is 2. The molecule has 0 atom stereocenters. The highest BCUT2D eigenvalue weighted by molar-refractivity contribution is 6.33. The molecule has 0 aliphatic heterocycles. The second-order valence-electron chi connectivity index (χ2n) is 4.22. The van der Waals surface area contributed by atoms with Gasteiger partial charge in [-0.05, 0) is 6.92 Å². The van der Waals surface area contributed by atoms with Crippen LogP contribution in [0.25, 0.3) is 0 Å². The van der Waals surface area contributed by atoms with Crippen molar-refractivity contribution in [3.8, 4) is 0 Å². The minimum absolute atomic E-state index is 0.0877. The molecule has 104 valence electrons. The van der Waals surface area contributed by atoms with Crippen LogP contribution in [0.5, 0.6) is 0 Å². The number of aromatic nitrogens is 2. The van der Waals surface area contributed by atoms with Crippen LogP contribution in [-0.2, 0) is 4.79 Å². The van der Waals surface area contributed by atoms with Crippen LogP contribution >= 0.6 is 11.6 Å². The first-order valence-electron chi connectivity index (χ1n) is 6.03. The van der Waals surface area contributed by atoms with Gasteiger partial charge in [0.1, 0.15) is 11.5 Å². The van der Waals surface area contributed by atoms with Crippen LogP contribution in [0.15, 0.2) is 6.20 Å². The van der Waals surface area contributed by atoms with Crippen molar-refractivity contribution in [3.05, 3.63) is 22.7 Å². The van der Waals surface area contributed by atoms with Crippen molar-refractivity contribution < 1.29 is 9.59 Å². The van der Waals surface area contributed by atoms with E-state index in [-0.39, 0.29) is 29.1 Å². The first kappa shape index (κ1) is 15.4. The molecule has 0 bridgehead atoms. The summed E-state index contributed by atoms with van der Waals surface area (Å²) in [5.74, 6) is -0.120. The Bertz CT molecular complexity index is 477. The van der Waals surface area contributed by atoms with Gasteiger partial charge < -0.3 is 10.6 Å². The maximum absolute atomic E-state index is 11.9. The van der Waals surface area contributed by atoms with Crippen LogP contribution in [0.1, 0.15) is 43.0 Å². The Morgan fingerprint density at radius 3 is 2.63 bits per heavy atom. The van der Waals surface area contributed by atoms with Gasteiger partial charge in [-0.1, -0.05) is 25.4 Å². The number of nitrogens with one attached hydrogen (secondary N) is 2. The molecular formula is C12H17ClN4O2. The molecule has 1 aromatic heterocycles. The third-order valence-corrected chi connectivity index (χ3v) is 2.55. The molecule has 0 aromatic carbocycles. The maximum atomic E-state index is 11.9. The highest BCUT2D eigenvalue weighted by atomic mass is 35.5. The molecule has 1 rings (SSSR count). The van der Waals surface area contributed by atoms with Crippen molar-refractivity contribution in [1.82, 2.24) is 20.6 Å². The standard InChI is InChI=1S/C12H17ClN4O2/c1-4-14-9(18)6-16-12(19)10-8(13)5-15-11(17-10)7(2)3/h5,7H,4,6H2,1-3H3,(H,14,18)(H,16,19). The third-order valence-electron chi connectivity index (χ3n) is 2.28. The van der Waals surface area contributed by atoms with Crippen molar-refractivity contribution in [2.75, 3.05) is 13.1 Å². The molecule has 1 heterocycles. The molecule has 1 aromatic rings. The molecule has 2 N–H and O–H groups in total. The number of hydrogen-bond donors (Lipinski definition) is 2. The molecule has 0 spiro atoms. The van der Waals surface area contributed by atoms with Gasteiger partial charge in [-0.3, -0.25) is 9.59 Å². The zero-order chi connectivity index (χ0) is 14.4. The quantitative estimate of drug-likeness (QED) is 0.849. The summed E-state index contributed by atoms with van der Waals surface area (Å²) in [7, 11) is 0. The van der Waals surface area contributed by atoms with Crippen molar-refractivity contribution in [3.63, 3.8) is 0 Å². The van der Waals surface area contributed by atoms with Gasteiger partial charge in [0.15, 0.2) is 0 Å². The van der Waals surface area contributed by atoms with E-state index in [0.717, 1.165) is 0 Å². The predicted octanol–water partition coefficient (Wildman–Crippen LogP) is 1.12. The van der Waals surface area contributed by atoms with E-state index in [9.17, 15) is 9.59 Å². The van der Waals surface area contributed by atoms with Gasteiger partial charge in [0, 0.05) is 12.5 Å². The van der Waals surface area contributed by atoms with E-state index in [1.165, 1.54) is 6.20 Å². The Morgan fingerprint density at radius 1 is 1.37 bits per heavy atom. The van der Waals surface area contributed by atoms with Crippen molar-refractivity contribution in [1.29, 1.82) is 0 Å². The van der Waals surface area contributed by atoms with Crippen LogP contribution in [0.2, 0.25) is 5.02 Å². The summed E-state index contributed by atoms with van der Waals surface area (Å²) in [6.45, 7) is 6.04. The Balaban J connectivity index is 2.76. The second kappa shape index (κ2) is 7.04. The van der Waals surface area contributed by atoms with Crippen LogP contribution in [0.3, 0.4) is 0 Å². The fraction of sp³-hybridized carbons (Fsp3) is 0.500. The fourth-order valence-electron chi connectivity index (χ4n) is 1.32. The van der Waals surface area contributed by atoms with Crippen LogP contribution in [0, 0.1) is 0 Å². The molecule has 0 radical (unpaired) electrons. The summed E-state index contributed by atoms with van der Waals surface area (Å²) in [6, 6.07) is 0. The largest absolute Gasteiger partial charge is 0.355 e. The number of rotatable bonds is 5. The molecule has 0 fully saturated rings. The Morgan fingerprint density at radius 2 is 2.05 bits per heavy atom. The van der Waals surface area contributed by atoms with Gasteiger partial charge >= 0.3 is 0 Å². The number of hydrogen-bond acceptors (Lipinski definition) is 4. The molecule has 0 aliphatic rings. The Kier molecular flexibility index (Phi) is 5.69. The average molecular weight is 285 g/mol. The number of carbonyl (C=O) groups is 2. The lowest BCUT2D eigenvalue weighted by Crippen LogP contribution is -2.37. The lowest BCUT2D eigenvalue weighted by Gasteiger charge is -2.08. The van der Waals surface area contributed by atoms with E-state index < -0.39 is 5.91 Å². The van der Waals surface area contributed by atoms with E-state index in [1.807, 2.05) is 13.8 Å². The van der Waals surface area contributed by atoms with Gasteiger partial charge in [0.25, 0.3) is 5.91 Å². The molecular weight excluding hydrogens is 268 g/mol. The second-order valence-corrected chi connectivity index (χ2v) is 4.62. The monoisotopic (exact) mass is 284 g/mol. The molecule has 0 saturated heterocycles. The first-order valence-corrected chi connectivity index (χ1v) is 6.40. The zero-order valence-electron chi connectivity index (χ0n) is 11.2. The zero-order valence-corrected chi connectivity index (χ0v) is 11.9. The minimum atomic E-state index is -0.486. The van der Waals surface area contributed by atoms with E-state index in [4.69, 9.17) is 11.6 Å². The van der Waals surface area contributed by atoms with Gasteiger partial charge in [-0.15, -0.1) is 0 Å². The SMILES string of the molecule is CCNC(=O)CNC(=O)c1nc(C(C)C)ncc1Cl. The van der Waals surface area contributed by atoms with E-state index in [0.29, 0.717) is 12.4 Å². The summed E-state index contributed by atoms with van der Waals surface area (Å²) in [5, 5.41) is 5.21. The molecule has 6 nitrogen and oxygen atoms in total. The lowest BCUT2D eigenvalue weighted by molar-refractivity contribution is -0.120. The van der Waals surface area contributed by atoms with Gasteiger partial charge in [-0.25, -0.2) is 9.97 Å². The average Bonchev–Trinajstić information content (AvgIpc) is 2.36. The van der Waals surface area contributed by atoms with Crippen LogP contribution in [-0.4, -0.2) is 34.9 Å². The summed E-state index contributed by atoms with van der Waals surface area (Å²) in [4.78, 5) is 31.3. The number of nitrogens with zero attached hydrogens (tertiary/aromatic N) is 2. The van der Waals surface area contributed by atoms with Crippen LogP contribution in [0.4, 0.5) is 0 Å². The summed E-state index contributed by atoms with van der Waals surface area (Å²) >= 11 is 5.89. The topological polar surface area (TPSA) is 84.0 Å². The molecule has 0 unspecified atom stereocenters. The Labute approximate surface area is 117 Å². The Hall–Kier alpha value is -1.69. The maximum Gasteiger partial charge on any atom is 0.272 e. The number of likely N-dealkylation sites (N-methyl/N-ethyl adjacent to an activating group) is 1. The molecule has 0 saturated carbocycles. The number of halogens is 1. The first-order chi connectivity index (χ1) is 8.95. The summed E-state index contributed by atoms with van der Waals surface area (Å²) in [5.41, 5.74) is 0.0877.